The zero-order valence-electron chi connectivity index (χ0n) is 13.9. The van der Waals surface area contributed by atoms with E-state index in [2.05, 4.69) is 15.0 Å². The molecular weight excluding hydrogens is 308 g/mol. The molecule has 1 heterocycles. The summed E-state index contributed by atoms with van der Waals surface area (Å²) in [6.45, 7) is 1.60. The molecule has 0 radical (unpaired) electrons. The molecule has 6 heteroatoms. The van der Waals surface area contributed by atoms with E-state index in [1.54, 1.807) is 6.08 Å². The number of hydrogen-bond acceptors (Lipinski definition) is 5. The first-order valence-corrected chi connectivity index (χ1v) is 8.11. The van der Waals surface area contributed by atoms with E-state index in [1.165, 1.54) is 13.2 Å². The highest BCUT2D eigenvalue weighted by atomic mass is 16.5. The average Bonchev–Trinajstić information content (AvgIpc) is 2.61. The molecule has 1 aromatic carbocycles. The summed E-state index contributed by atoms with van der Waals surface area (Å²) in [5.74, 6) is -0.569. The SMILES string of the molecule is COC(=O)/C=C/CNC(=O)C(c1ccccc1)N1CCC(O)CC1. The Bertz CT molecular complexity index is 566. The Morgan fingerprint density at radius 1 is 1.33 bits per heavy atom. The zero-order valence-corrected chi connectivity index (χ0v) is 13.9. The Labute approximate surface area is 142 Å². The summed E-state index contributed by atoms with van der Waals surface area (Å²) in [6, 6.07) is 9.19. The minimum atomic E-state index is -0.450. The highest BCUT2D eigenvalue weighted by Gasteiger charge is 2.30. The van der Waals surface area contributed by atoms with E-state index in [4.69, 9.17) is 0 Å². The van der Waals surface area contributed by atoms with E-state index in [9.17, 15) is 14.7 Å². The highest BCUT2D eigenvalue weighted by Crippen LogP contribution is 2.25. The third-order valence-electron chi connectivity index (χ3n) is 4.08. The van der Waals surface area contributed by atoms with Gasteiger partial charge in [-0.15, -0.1) is 0 Å². The number of aliphatic hydroxyl groups excluding tert-OH is 1. The second-order valence-electron chi connectivity index (χ2n) is 5.75. The standard InChI is InChI=1S/C18H24N2O4/c1-24-16(22)8-5-11-19-18(23)17(14-6-3-2-4-7-14)20-12-9-15(21)10-13-20/h2-8,15,17,21H,9-13H2,1H3,(H,19,23)/b8-5+. The number of hydrogen-bond donors (Lipinski definition) is 2. The number of nitrogens with one attached hydrogen (secondary N) is 1. The molecule has 2 rings (SSSR count). The summed E-state index contributed by atoms with van der Waals surface area (Å²) >= 11 is 0. The maximum Gasteiger partial charge on any atom is 0.330 e. The van der Waals surface area contributed by atoms with E-state index in [0.29, 0.717) is 25.9 Å². The maximum atomic E-state index is 12.7. The maximum absolute atomic E-state index is 12.7. The molecule has 1 atom stereocenters. The van der Waals surface area contributed by atoms with Crippen LogP contribution in [-0.4, -0.2) is 54.7 Å². The lowest BCUT2D eigenvalue weighted by Crippen LogP contribution is -2.45. The first-order valence-electron chi connectivity index (χ1n) is 8.11. The van der Waals surface area contributed by atoms with Gasteiger partial charge in [-0.1, -0.05) is 36.4 Å². The van der Waals surface area contributed by atoms with Crippen LogP contribution in [0.5, 0.6) is 0 Å². The number of carbonyl (C=O) groups excluding carboxylic acids is 2. The van der Waals surface area contributed by atoms with Gasteiger partial charge in [-0.25, -0.2) is 4.79 Å². The Morgan fingerprint density at radius 2 is 2.00 bits per heavy atom. The van der Waals surface area contributed by atoms with Gasteiger partial charge in [-0.2, -0.15) is 0 Å². The molecule has 1 saturated heterocycles. The Balaban J connectivity index is 2.04. The number of methoxy groups -OCH3 is 1. The molecule has 1 aromatic rings. The van der Waals surface area contributed by atoms with E-state index < -0.39 is 12.0 Å². The number of rotatable bonds is 6. The number of benzene rings is 1. The summed E-state index contributed by atoms with van der Waals surface area (Å²) in [5.41, 5.74) is 0.920. The zero-order chi connectivity index (χ0) is 17.4. The summed E-state index contributed by atoms with van der Waals surface area (Å²) in [6.07, 6.45) is 3.89. The molecule has 0 saturated carbocycles. The molecule has 1 fully saturated rings. The van der Waals surface area contributed by atoms with Crippen LogP contribution in [0, 0.1) is 0 Å². The fourth-order valence-electron chi connectivity index (χ4n) is 2.79. The molecule has 1 unspecified atom stereocenters. The lowest BCUT2D eigenvalue weighted by molar-refractivity contribution is -0.135. The van der Waals surface area contributed by atoms with Crippen molar-refractivity contribution in [1.82, 2.24) is 10.2 Å². The molecular formula is C18H24N2O4. The largest absolute Gasteiger partial charge is 0.466 e. The van der Waals surface area contributed by atoms with Crippen LogP contribution in [0.1, 0.15) is 24.4 Å². The number of aliphatic hydroxyl groups is 1. The molecule has 6 nitrogen and oxygen atoms in total. The first-order chi connectivity index (χ1) is 11.6. The number of piperidine rings is 1. The predicted octanol–water partition coefficient (Wildman–Crippen LogP) is 1.03. The molecule has 0 aliphatic carbocycles. The van der Waals surface area contributed by atoms with Gasteiger partial charge >= 0.3 is 5.97 Å². The molecule has 0 bridgehead atoms. The molecule has 130 valence electrons. The van der Waals surface area contributed by atoms with Crippen LogP contribution in [0.3, 0.4) is 0 Å². The highest BCUT2D eigenvalue weighted by molar-refractivity contribution is 5.84. The van der Waals surface area contributed by atoms with E-state index in [-0.39, 0.29) is 18.6 Å². The van der Waals surface area contributed by atoms with E-state index >= 15 is 0 Å². The summed E-state index contributed by atoms with van der Waals surface area (Å²) < 4.78 is 4.51. The molecule has 0 spiro atoms. The van der Waals surface area contributed by atoms with Gasteiger partial charge in [0.1, 0.15) is 6.04 Å². The molecule has 1 aliphatic heterocycles. The molecule has 1 amide bonds. The van der Waals surface area contributed by atoms with Crippen molar-refractivity contribution in [2.24, 2.45) is 0 Å². The average molecular weight is 332 g/mol. The van der Waals surface area contributed by atoms with Crippen molar-refractivity contribution in [1.29, 1.82) is 0 Å². The van der Waals surface area contributed by atoms with Crippen molar-refractivity contribution >= 4 is 11.9 Å². The van der Waals surface area contributed by atoms with Gasteiger partial charge in [0.2, 0.25) is 5.91 Å². The molecule has 2 N–H and O–H groups in total. The smallest absolute Gasteiger partial charge is 0.330 e. The third-order valence-corrected chi connectivity index (χ3v) is 4.08. The predicted molar refractivity (Wildman–Crippen MR) is 90.2 cm³/mol. The topological polar surface area (TPSA) is 78.9 Å². The molecule has 1 aliphatic rings. The van der Waals surface area contributed by atoms with Crippen LogP contribution in [-0.2, 0) is 14.3 Å². The lowest BCUT2D eigenvalue weighted by Gasteiger charge is -2.35. The minimum absolute atomic E-state index is 0.118. The lowest BCUT2D eigenvalue weighted by atomic mass is 10.00. The quantitative estimate of drug-likeness (QED) is 0.601. The van der Waals surface area contributed by atoms with Gasteiger partial charge in [0, 0.05) is 25.7 Å². The van der Waals surface area contributed by atoms with Crippen molar-refractivity contribution in [2.75, 3.05) is 26.7 Å². The van der Waals surface area contributed by atoms with Crippen LogP contribution < -0.4 is 5.32 Å². The number of amides is 1. The number of nitrogens with zero attached hydrogens (tertiary/aromatic N) is 1. The van der Waals surface area contributed by atoms with Crippen LogP contribution in [0.2, 0.25) is 0 Å². The monoisotopic (exact) mass is 332 g/mol. The summed E-state index contributed by atoms with van der Waals surface area (Å²) in [4.78, 5) is 25.8. The van der Waals surface area contributed by atoms with Crippen molar-refractivity contribution in [3.63, 3.8) is 0 Å². The fourth-order valence-corrected chi connectivity index (χ4v) is 2.79. The second-order valence-corrected chi connectivity index (χ2v) is 5.75. The Morgan fingerprint density at radius 3 is 2.62 bits per heavy atom. The minimum Gasteiger partial charge on any atom is -0.466 e. The Hall–Kier alpha value is -2.18. The van der Waals surface area contributed by atoms with Crippen LogP contribution in [0.15, 0.2) is 42.5 Å². The summed E-state index contributed by atoms with van der Waals surface area (Å²) in [5, 5.41) is 12.5. The van der Waals surface area contributed by atoms with Gasteiger partial charge in [0.05, 0.1) is 13.2 Å². The van der Waals surface area contributed by atoms with Crippen molar-refractivity contribution < 1.29 is 19.4 Å². The van der Waals surface area contributed by atoms with Gasteiger partial charge in [-0.05, 0) is 18.4 Å². The van der Waals surface area contributed by atoms with Gasteiger partial charge in [0.25, 0.3) is 0 Å². The second kappa shape index (κ2) is 9.20. The number of carbonyl (C=O) groups is 2. The first kappa shape index (κ1) is 18.2. The normalized spacial score (nSPS) is 17.6. The van der Waals surface area contributed by atoms with Crippen molar-refractivity contribution in [3.8, 4) is 0 Å². The fraction of sp³-hybridized carbons (Fsp3) is 0.444. The van der Waals surface area contributed by atoms with E-state index in [1.807, 2.05) is 30.3 Å². The number of likely N-dealkylation sites (tertiary alicyclic amines) is 1. The third kappa shape index (κ3) is 5.18. The van der Waals surface area contributed by atoms with Crippen molar-refractivity contribution in [3.05, 3.63) is 48.0 Å². The van der Waals surface area contributed by atoms with Crippen LogP contribution in [0.25, 0.3) is 0 Å². The van der Waals surface area contributed by atoms with E-state index in [0.717, 1.165) is 5.56 Å². The summed E-state index contributed by atoms with van der Waals surface area (Å²) in [7, 11) is 1.31. The van der Waals surface area contributed by atoms with Crippen LogP contribution in [0.4, 0.5) is 0 Å². The molecule has 0 aromatic heterocycles. The number of esters is 1. The van der Waals surface area contributed by atoms with Crippen LogP contribution >= 0.6 is 0 Å². The van der Waals surface area contributed by atoms with Crippen molar-refractivity contribution in [2.45, 2.75) is 25.0 Å². The van der Waals surface area contributed by atoms with Gasteiger partial charge < -0.3 is 15.2 Å². The number of ether oxygens (including phenoxy) is 1. The molecule has 24 heavy (non-hydrogen) atoms. The van der Waals surface area contributed by atoms with Gasteiger partial charge in [-0.3, -0.25) is 9.69 Å². The Kier molecular flexibility index (Phi) is 6.96. The van der Waals surface area contributed by atoms with Gasteiger partial charge in [0.15, 0.2) is 0 Å².